The largest absolute Gasteiger partial charge is 0.486 e. The molecule has 0 saturated carbocycles. The highest BCUT2D eigenvalue weighted by Crippen LogP contribution is 2.27. The number of hydrogen-bond acceptors (Lipinski definition) is 4. The van der Waals surface area contributed by atoms with E-state index in [-0.39, 0.29) is 0 Å². The molecule has 0 saturated heterocycles. The average Bonchev–Trinajstić information content (AvgIpc) is 2.78. The molecule has 1 aromatic carbocycles. The first-order valence-electron chi connectivity index (χ1n) is 5.46. The third-order valence-corrected chi connectivity index (χ3v) is 3.21. The van der Waals surface area contributed by atoms with Crippen LogP contribution < -0.4 is 4.74 Å². The SMILES string of the molecule is Cc1ccc([C@@H](C)O)c(OCc2nccs2)c1. The number of hydrogen-bond donors (Lipinski definition) is 1. The molecule has 17 heavy (non-hydrogen) atoms. The van der Waals surface area contributed by atoms with Crippen molar-refractivity contribution in [3.8, 4) is 5.75 Å². The van der Waals surface area contributed by atoms with Crippen molar-refractivity contribution in [2.75, 3.05) is 0 Å². The number of aliphatic hydroxyl groups is 1. The van der Waals surface area contributed by atoms with Gasteiger partial charge in [0.2, 0.25) is 0 Å². The van der Waals surface area contributed by atoms with Gasteiger partial charge in [-0.3, -0.25) is 0 Å². The van der Waals surface area contributed by atoms with E-state index in [1.54, 1.807) is 24.5 Å². The Bertz CT molecular complexity index is 480. The number of aryl methyl sites for hydroxylation is 1. The molecule has 2 aromatic rings. The second-order valence-corrected chi connectivity index (χ2v) is 4.91. The number of rotatable bonds is 4. The Hall–Kier alpha value is -1.39. The van der Waals surface area contributed by atoms with Crippen LogP contribution in [0.25, 0.3) is 0 Å². The van der Waals surface area contributed by atoms with Gasteiger partial charge in [0.05, 0.1) is 6.10 Å². The lowest BCUT2D eigenvalue weighted by Gasteiger charge is -2.13. The van der Waals surface area contributed by atoms with Crippen molar-refractivity contribution in [3.05, 3.63) is 45.9 Å². The van der Waals surface area contributed by atoms with E-state index in [4.69, 9.17) is 4.74 Å². The Morgan fingerprint density at radius 2 is 2.29 bits per heavy atom. The Balaban J connectivity index is 2.16. The topological polar surface area (TPSA) is 42.4 Å². The van der Waals surface area contributed by atoms with Gasteiger partial charge in [0, 0.05) is 17.1 Å². The van der Waals surface area contributed by atoms with Crippen molar-refractivity contribution in [3.63, 3.8) is 0 Å². The van der Waals surface area contributed by atoms with E-state index in [1.807, 2.05) is 30.5 Å². The molecule has 1 heterocycles. The summed E-state index contributed by atoms with van der Waals surface area (Å²) in [5.41, 5.74) is 1.93. The van der Waals surface area contributed by atoms with Crippen molar-refractivity contribution in [1.29, 1.82) is 0 Å². The quantitative estimate of drug-likeness (QED) is 0.905. The van der Waals surface area contributed by atoms with Crippen LogP contribution in [0.1, 0.15) is 29.2 Å². The van der Waals surface area contributed by atoms with E-state index in [9.17, 15) is 5.11 Å². The van der Waals surface area contributed by atoms with Crippen LogP contribution in [0, 0.1) is 6.92 Å². The van der Waals surface area contributed by atoms with Crippen molar-refractivity contribution in [2.45, 2.75) is 26.6 Å². The van der Waals surface area contributed by atoms with Gasteiger partial charge in [0.1, 0.15) is 17.4 Å². The normalized spacial score (nSPS) is 12.4. The molecule has 0 bridgehead atoms. The van der Waals surface area contributed by atoms with E-state index in [0.717, 1.165) is 21.9 Å². The zero-order chi connectivity index (χ0) is 12.3. The van der Waals surface area contributed by atoms with Gasteiger partial charge in [-0.05, 0) is 25.5 Å². The molecule has 0 spiro atoms. The fraction of sp³-hybridized carbons (Fsp3) is 0.308. The minimum Gasteiger partial charge on any atom is -0.486 e. The predicted molar refractivity (Wildman–Crippen MR) is 68.3 cm³/mol. The highest BCUT2D eigenvalue weighted by Gasteiger charge is 2.09. The van der Waals surface area contributed by atoms with E-state index >= 15 is 0 Å². The molecule has 0 aliphatic rings. The number of benzene rings is 1. The Morgan fingerprint density at radius 1 is 1.47 bits per heavy atom. The van der Waals surface area contributed by atoms with Gasteiger partial charge in [-0.1, -0.05) is 12.1 Å². The van der Waals surface area contributed by atoms with E-state index in [1.165, 1.54) is 0 Å². The molecule has 90 valence electrons. The molecule has 0 aliphatic heterocycles. The molecule has 4 heteroatoms. The first-order valence-corrected chi connectivity index (χ1v) is 6.34. The molecule has 3 nitrogen and oxygen atoms in total. The maximum Gasteiger partial charge on any atom is 0.140 e. The Kier molecular flexibility index (Phi) is 3.76. The molecule has 1 aromatic heterocycles. The fourth-order valence-electron chi connectivity index (χ4n) is 1.58. The second kappa shape index (κ2) is 5.29. The number of ether oxygens (including phenoxy) is 1. The monoisotopic (exact) mass is 249 g/mol. The smallest absolute Gasteiger partial charge is 0.140 e. The summed E-state index contributed by atoms with van der Waals surface area (Å²) in [4.78, 5) is 4.16. The summed E-state index contributed by atoms with van der Waals surface area (Å²) in [5, 5.41) is 12.5. The van der Waals surface area contributed by atoms with Crippen LogP contribution in [0.15, 0.2) is 29.8 Å². The van der Waals surface area contributed by atoms with E-state index < -0.39 is 6.10 Å². The van der Waals surface area contributed by atoms with Crippen LogP contribution in [0.3, 0.4) is 0 Å². The molecule has 2 rings (SSSR count). The first-order chi connectivity index (χ1) is 8.16. The van der Waals surface area contributed by atoms with E-state index in [2.05, 4.69) is 4.98 Å². The highest BCUT2D eigenvalue weighted by atomic mass is 32.1. The van der Waals surface area contributed by atoms with Crippen LogP contribution in [0.5, 0.6) is 5.75 Å². The Morgan fingerprint density at radius 3 is 2.94 bits per heavy atom. The fourth-order valence-corrected chi connectivity index (χ4v) is 2.10. The number of aliphatic hydroxyl groups excluding tert-OH is 1. The Labute approximate surface area is 105 Å². The lowest BCUT2D eigenvalue weighted by molar-refractivity contribution is 0.190. The molecular weight excluding hydrogens is 234 g/mol. The molecule has 0 unspecified atom stereocenters. The molecule has 0 aliphatic carbocycles. The summed E-state index contributed by atoms with van der Waals surface area (Å²) in [7, 11) is 0. The van der Waals surface area contributed by atoms with Gasteiger partial charge in [0.15, 0.2) is 0 Å². The van der Waals surface area contributed by atoms with E-state index in [0.29, 0.717) is 6.61 Å². The summed E-state index contributed by atoms with van der Waals surface area (Å²) < 4.78 is 5.71. The third kappa shape index (κ3) is 3.05. The lowest BCUT2D eigenvalue weighted by atomic mass is 10.1. The zero-order valence-electron chi connectivity index (χ0n) is 9.88. The minimum atomic E-state index is -0.526. The maximum absolute atomic E-state index is 9.66. The van der Waals surface area contributed by atoms with Crippen LogP contribution in [0.2, 0.25) is 0 Å². The summed E-state index contributed by atoms with van der Waals surface area (Å²) in [6.07, 6.45) is 1.23. The summed E-state index contributed by atoms with van der Waals surface area (Å²) in [6.45, 7) is 4.18. The van der Waals surface area contributed by atoms with Crippen LogP contribution in [0.4, 0.5) is 0 Å². The number of thiazole rings is 1. The van der Waals surface area contributed by atoms with Crippen LogP contribution in [-0.2, 0) is 6.61 Å². The molecule has 1 N–H and O–H groups in total. The van der Waals surface area contributed by atoms with Gasteiger partial charge in [0.25, 0.3) is 0 Å². The highest BCUT2D eigenvalue weighted by molar-refractivity contribution is 7.09. The van der Waals surface area contributed by atoms with Crippen molar-refractivity contribution in [2.24, 2.45) is 0 Å². The molecule has 0 radical (unpaired) electrons. The summed E-state index contributed by atoms with van der Waals surface area (Å²) in [5.74, 6) is 0.732. The van der Waals surface area contributed by atoms with Gasteiger partial charge in [-0.15, -0.1) is 11.3 Å². The third-order valence-electron chi connectivity index (χ3n) is 2.45. The number of nitrogens with zero attached hydrogens (tertiary/aromatic N) is 1. The average molecular weight is 249 g/mol. The molecule has 1 atom stereocenters. The number of aromatic nitrogens is 1. The first kappa shape index (κ1) is 12.1. The maximum atomic E-state index is 9.66. The van der Waals surface area contributed by atoms with Crippen molar-refractivity contribution >= 4 is 11.3 Å². The minimum absolute atomic E-state index is 0.445. The van der Waals surface area contributed by atoms with Crippen LogP contribution in [-0.4, -0.2) is 10.1 Å². The van der Waals surface area contributed by atoms with Gasteiger partial charge >= 0.3 is 0 Å². The van der Waals surface area contributed by atoms with Crippen molar-refractivity contribution < 1.29 is 9.84 Å². The molecule has 0 fully saturated rings. The summed E-state index contributed by atoms with van der Waals surface area (Å²) >= 11 is 1.56. The van der Waals surface area contributed by atoms with Gasteiger partial charge in [-0.2, -0.15) is 0 Å². The van der Waals surface area contributed by atoms with Crippen LogP contribution >= 0.6 is 11.3 Å². The van der Waals surface area contributed by atoms with Gasteiger partial charge in [-0.25, -0.2) is 4.98 Å². The molecular formula is C13H15NO2S. The lowest BCUT2D eigenvalue weighted by Crippen LogP contribution is -2.01. The summed E-state index contributed by atoms with van der Waals surface area (Å²) in [6, 6.07) is 5.81. The molecule has 0 amide bonds. The van der Waals surface area contributed by atoms with Gasteiger partial charge < -0.3 is 9.84 Å². The van der Waals surface area contributed by atoms with Crippen molar-refractivity contribution in [1.82, 2.24) is 4.98 Å². The standard InChI is InChI=1S/C13H15NO2S/c1-9-3-4-11(10(2)15)12(7-9)16-8-13-14-5-6-17-13/h3-7,10,15H,8H2,1-2H3/t10-/m1/s1. The second-order valence-electron chi connectivity index (χ2n) is 3.93. The predicted octanol–water partition coefficient (Wildman–Crippen LogP) is 3.08. The zero-order valence-corrected chi connectivity index (χ0v) is 10.7.